The summed E-state index contributed by atoms with van der Waals surface area (Å²) in [6, 6.07) is 7.20. The largest absolute Gasteiger partial charge is 0.431 e. The standard InChI is InChI=1S/C16H19ClO3/c1-4-5-6-10-16(12-8-7-9-13(17)11-12)14(18)19-15(2,3)20-16/h4,7-9,11H,1,5-6,10H2,2-3H3/t16-/m1/s1. The van der Waals surface area contributed by atoms with Crippen molar-refractivity contribution in [3.05, 3.63) is 47.5 Å². The summed E-state index contributed by atoms with van der Waals surface area (Å²) < 4.78 is 11.3. The molecule has 0 spiro atoms. The Morgan fingerprint density at radius 3 is 2.70 bits per heavy atom. The molecule has 1 fully saturated rings. The van der Waals surface area contributed by atoms with E-state index >= 15 is 0 Å². The molecule has 1 atom stereocenters. The van der Waals surface area contributed by atoms with Gasteiger partial charge >= 0.3 is 5.97 Å². The van der Waals surface area contributed by atoms with Crippen LogP contribution in [-0.2, 0) is 19.9 Å². The molecule has 1 saturated heterocycles. The number of unbranched alkanes of at least 4 members (excludes halogenated alkanes) is 1. The van der Waals surface area contributed by atoms with E-state index in [1.165, 1.54) is 0 Å². The number of carbonyl (C=O) groups is 1. The second-order valence-electron chi connectivity index (χ2n) is 5.41. The number of halogens is 1. The van der Waals surface area contributed by atoms with Crippen LogP contribution >= 0.6 is 11.6 Å². The molecule has 1 aromatic carbocycles. The van der Waals surface area contributed by atoms with E-state index in [1.54, 1.807) is 26.0 Å². The van der Waals surface area contributed by atoms with Gasteiger partial charge in [-0.3, -0.25) is 0 Å². The van der Waals surface area contributed by atoms with Crippen molar-refractivity contribution in [2.75, 3.05) is 0 Å². The molecule has 1 aromatic rings. The zero-order valence-electron chi connectivity index (χ0n) is 11.8. The van der Waals surface area contributed by atoms with Gasteiger partial charge in [0, 0.05) is 18.9 Å². The van der Waals surface area contributed by atoms with Gasteiger partial charge in [-0.05, 0) is 37.0 Å². The Morgan fingerprint density at radius 1 is 1.40 bits per heavy atom. The van der Waals surface area contributed by atoms with Crippen molar-refractivity contribution < 1.29 is 14.3 Å². The molecule has 4 heteroatoms. The Morgan fingerprint density at radius 2 is 2.15 bits per heavy atom. The molecule has 1 aliphatic heterocycles. The van der Waals surface area contributed by atoms with Gasteiger partial charge in [0.05, 0.1) is 0 Å². The number of rotatable bonds is 5. The van der Waals surface area contributed by atoms with Crippen LogP contribution in [-0.4, -0.2) is 11.8 Å². The predicted octanol–water partition coefficient (Wildman–Crippen LogP) is 4.20. The van der Waals surface area contributed by atoms with Crippen LogP contribution in [0.3, 0.4) is 0 Å². The van der Waals surface area contributed by atoms with Gasteiger partial charge in [-0.15, -0.1) is 6.58 Å². The molecule has 108 valence electrons. The summed E-state index contributed by atoms with van der Waals surface area (Å²) in [6.45, 7) is 7.19. The quantitative estimate of drug-likeness (QED) is 0.464. The van der Waals surface area contributed by atoms with E-state index in [0.29, 0.717) is 11.4 Å². The van der Waals surface area contributed by atoms with E-state index in [4.69, 9.17) is 21.1 Å². The summed E-state index contributed by atoms with van der Waals surface area (Å²) >= 11 is 6.04. The molecule has 0 saturated carbocycles. The molecule has 1 heterocycles. The highest BCUT2D eigenvalue weighted by Crippen LogP contribution is 2.43. The lowest BCUT2D eigenvalue weighted by atomic mass is 9.88. The number of hydrogen-bond acceptors (Lipinski definition) is 3. The Labute approximate surface area is 124 Å². The Hall–Kier alpha value is -1.32. The first-order valence-corrected chi connectivity index (χ1v) is 7.08. The van der Waals surface area contributed by atoms with Gasteiger partial charge in [0.25, 0.3) is 0 Å². The summed E-state index contributed by atoms with van der Waals surface area (Å²) in [7, 11) is 0. The number of allylic oxidation sites excluding steroid dienone is 1. The first kappa shape index (κ1) is 15.1. The molecule has 0 amide bonds. The highest BCUT2D eigenvalue weighted by molar-refractivity contribution is 6.30. The maximum Gasteiger partial charge on any atom is 0.345 e. The third kappa shape index (κ3) is 2.89. The van der Waals surface area contributed by atoms with Crippen LogP contribution in [0.2, 0.25) is 5.02 Å². The van der Waals surface area contributed by atoms with Crippen molar-refractivity contribution in [1.29, 1.82) is 0 Å². The fourth-order valence-corrected chi connectivity index (χ4v) is 2.69. The fraction of sp³-hybridized carbons (Fsp3) is 0.438. The van der Waals surface area contributed by atoms with Crippen molar-refractivity contribution in [1.82, 2.24) is 0 Å². The van der Waals surface area contributed by atoms with E-state index in [2.05, 4.69) is 6.58 Å². The predicted molar refractivity (Wildman–Crippen MR) is 78.4 cm³/mol. The molecule has 2 rings (SSSR count). The summed E-state index contributed by atoms with van der Waals surface area (Å²) in [5.74, 6) is -1.28. The average Bonchev–Trinajstić information content (AvgIpc) is 2.60. The summed E-state index contributed by atoms with van der Waals surface area (Å²) in [4.78, 5) is 12.4. The first-order valence-electron chi connectivity index (χ1n) is 6.70. The van der Waals surface area contributed by atoms with Crippen molar-refractivity contribution in [2.45, 2.75) is 44.5 Å². The van der Waals surface area contributed by atoms with Crippen LogP contribution in [0.5, 0.6) is 0 Å². The molecule has 3 nitrogen and oxygen atoms in total. The molecule has 0 radical (unpaired) electrons. The van der Waals surface area contributed by atoms with E-state index in [0.717, 1.165) is 18.4 Å². The Bertz CT molecular complexity index is 524. The van der Waals surface area contributed by atoms with Gasteiger partial charge < -0.3 is 9.47 Å². The van der Waals surface area contributed by atoms with Gasteiger partial charge in [-0.1, -0.05) is 29.8 Å². The third-order valence-corrected chi connectivity index (χ3v) is 3.55. The summed E-state index contributed by atoms with van der Waals surface area (Å²) in [6.07, 6.45) is 3.99. The van der Waals surface area contributed by atoms with E-state index in [-0.39, 0.29) is 5.97 Å². The number of benzene rings is 1. The minimum Gasteiger partial charge on any atom is -0.431 e. The lowest BCUT2D eigenvalue weighted by molar-refractivity contribution is -0.168. The normalized spacial score (nSPS) is 24.4. The van der Waals surface area contributed by atoms with Crippen LogP contribution < -0.4 is 0 Å². The molecule has 0 aromatic heterocycles. The van der Waals surface area contributed by atoms with Crippen LogP contribution in [0.4, 0.5) is 0 Å². The van der Waals surface area contributed by atoms with E-state index in [9.17, 15) is 4.79 Å². The van der Waals surface area contributed by atoms with Crippen molar-refractivity contribution in [3.8, 4) is 0 Å². The van der Waals surface area contributed by atoms with Crippen molar-refractivity contribution >= 4 is 17.6 Å². The second-order valence-corrected chi connectivity index (χ2v) is 5.85. The van der Waals surface area contributed by atoms with Gasteiger partial charge in [0.2, 0.25) is 5.79 Å². The zero-order valence-corrected chi connectivity index (χ0v) is 12.6. The number of hydrogen-bond donors (Lipinski definition) is 0. The average molecular weight is 295 g/mol. The fourth-order valence-electron chi connectivity index (χ4n) is 2.50. The van der Waals surface area contributed by atoms with Crippen molar-refractivity contribution in [3.63, 3.8) is 0 Å². The maximum absolute atomic E-state index is 12.4. The Kier molecular flexibility index (Phi) is 4.21. The monoisotopic (exact) mass is 294 g/mol. The van der Waals surface area contributed by atoms with Crippen LogP contribution in [0.1, 0.15) is 38.7 Å². The van der Waals surface area contributed by atoms with Crippen LogP contribution in [0.15, 0.2) is 36.9 Å². The number of carbonyl (C=O) groups excluding carboxylic acids is 1. The summed E-state index contributed by atoms with van der Waals surface area (Å²) in [5.41, 5.74) is -0.332. The van der Waals surface area contributed by atoms with E-state index in [1.807, 2.05) is 18.2 Å². The number of cyclic esters (lactones) is 1. The second kappa shape index (κ2) is 5.58. The lowest BCUT2D eigenvalue weighted by Gasteiger charge is -2.26. The smallest absolute Gasteiger partial charge is 0.345 e. The SMILES string of the molecule is C=CCCC[C@]1(c2cccc(Cl)c2)OC(C)(C)OC1=O. The number of ether oxygens (including phenoxy) is 2. The minimum absolute atomic E-state index is 0.353. The molecule has 0 bridgehead atoms. The first-order chi connectivity index (χ1) is 9.39. The minimum atomic E-state index is -1.07. The Balaban J connectivity index is 2.39. The highest BCUT2D eigenvalue weighted by atomic mass is 35.5. The molecule has 0 N–H and O–H groups in total. The highest BCUT2D eigenvalue weighted by Gasteiger charge is 2.54. The third-order valence-electron chi connectivity index (χ3n) is 3.32. The molecule has 0 unspecified atom stereocenters. The topological polar surface area (TPSA) is 35.5 Å². The van der Waals surface area contributed by atoms with Gasteiger partial charge in [-0.2, -0.15) is 0 Å². The molecule has 1 aliphatic rings. The van der Waals surface area contributed by atoms with E-state index < -0.39 is 11.4 Å². The summed E-state index contributed by atoms with van der Waals surface area (Å²) in [5, 5.41) is 0.576. The van der Waals surface area contributed by atoms with Crippen LogP contribution in [0.25, 0.3) is 0 Å². The van der Waals surface area contributed by atoms with Gasteiger partial charge in [-0.25, -0.2) is 4.79 Å². The zero-order chi connectivity index (χ0) is 14.8. The van der Waals surface area contributed by atoms with Gasteiger partial charge in [0.15, 0.2) is 5.60 Å². The van der Waals surface area contributed by atoms with Crippen LogP contribution in [0, 0.1) is 0 Å². The number of esters is 1. The van der Waals surface area contributed by atoms with Gasteiger partial charge in [0.1, 0.15) is 0 Å². The molecular weight excluding hydrogens is 276 g/mol. The van der Waals surface area contributed by atoms with Crippen molar-refractivity contribution in [2.24, 2.45) is 0 Å². The molecular formula is C16H19ClO3. The molecule has 20 heavy (non-hydrogen) atoms. The lowest BCUT2D eigenvalue weighted by Crippen LogP contribution is -2.34. The molecule has 0 aliphatic carbocycles. The maximum atomic E-state index is 12.4.